The first-order valence-electron chi connectivity index (χ1n) is 11.2. The van der Waals surface area contributed by atoms with Gasteiger partial charge < -0.3 is 15.4 Å². The first-order valence-corrected chi connectivity index (χ1v) is 11.9. The van der Waals surface area contributed by atoms with E-state index >= 15 is 0 Å². The van der Waals surface area contributed by atoms with Crippen molar-refractivity contribution in [2.75, 3.05) is 19.0 Å². The standard InChI is InChI=1S/C24H26N6O2S/c1-32-22-8-7-19-23(28-22)20(9-10-26-19)27-24(31)17-4-2-3-15(11-17)13-25-14-16-5-6-18-21(12-16)30-33-29-18/h5-10,12,15,17,25H,2-4,11,13-14H2,1H3,(H,26,27,31). The molecule has 0 saturated heterocycles. The third-order valence-electron chi connectivity index (χ3n) is 6.26. The molecule has 2 N–H and O–H groups in total. The van der Waals surface area contributed by atoms with E-state index in [2.05, 4.69) is 41.5 Å². The SMILES string of the molecule is COc1ccc2nccc(NC(=O)C3CCCC(CNCc4ccc5nsnc5c4)C3)c2n1. The number of aromatic nitrogens is 4. The number of benzene rings is 1. The quantitative estimate of drug-likeness (QED) is 0.425. The third-order valence-corrected chi connectivity index (χ3v) is 6.82. The molecule has 1 aromatic carbocycles. The van der Waals surface area contributed by atoms with E-state index in [1.807, 2.05) is 12.1 Å². The number of hydrogen-bond donors (Lipinski definition) is 2. The average molecular weight is 463 g/mol. The molecule has 4 aromatic rings. The molecule has 9 heteroatoms. The average Bonchev–Trinajstić information content (AvgIpc) is 3.32. The fourth-order valence-corrected chi connectivity index (χ4v) is 5.05. The van der Waals surface area contributed by atoms with Crippen LogP contribution in [0.1, 0.15) is 31.2 Å². The predicted molar refractivity (Wildman–Crippen MR) is 129 cm³/mol. The summed E-state index contributed by atoms with van der Waals surface area (Å²) in [7, 11) is 1.58. The molecule has 170 valence electrons. The number of amides is 1. The molecular formula is C24H26N6O2S. The van der Waals surface area contributed by atoms with Crippen molar-refractivity contribution < 1.29 is 9.53 Å². The number of hydrogen-bond acceptors (Lipinski definition) is 8. The van der Waals surface area contributed by atoms with Crippen molar-refractivity contribution >= 4 is 45.4 Å². The molecule has 5 rings (SSSR count). The van der Waals surface area contributed by atoms with Gasteiger partial charge in [-0.05, 0) is 61.6 Å². The summed E-state index contributed by atoms with van der Waals surface area (Å²) in [6.45, 7) is 1.69. The fourth-order valence-electron chi connectivity index (χ4n) is 4.53. The van der Waals surface area contributed by atoms with Crippen LogP contribution in [-0.4, -0.2) is 38.3 Å². The van der Waals surface area contributed by atoms with Crippen molar-refractivity contribution in [3.8, 4) is 5.88 Å². The third kappa shape index (κ3) is 4.94. The maximum absolute atomic E-state index is 13.1. The molecule has 0 bridgehead atoms. The van der Waals surface area contributed by atoms with Gasteiger partial charge in [-0.15, -0.1) is 0 Å². The first-order chi connectivity index (χ1) is 16.2. The second-order valence-electron chi connectivity index (χ2n) is 8.52. The van der Waals surface area contributed by atoms with E-state index in [0.29, 0.717) is 23.0 Å². The normalized spacial score (nSPS) is 18.5. The number of nitrogens with one attached hydrogen (secondary N) is 2. The van der Waals surface area contributed by atoms with Gasteiger partial charge in [0.05, 0.1) is 30.0 Å². The smallest absolute Gasteiger partial charge is 0.227 e. The van der Waals surface area contributed by atoms with Crippen molar-refractivity contribution in [3.63, 3.8) is 0 Å². The van der Waals surface area contributed by atoms with Gasteiger partial charge in [0.2, 0.25) is 11.8 Å². The van der Waals surface area contributed by atoms with E-state index < -0.39 is 0 Å². The number of anilines is 1. The number of ether oxygens (including phenoxy) is 1. The summed E-state index contributed by atoms with van der Waals surface area (Å²) in [5.74, 6) is 1.03. The summed E-state index contributed by atoms with van der Waals surface area (Å²) in [5, 5.41) is 6.66. The summed E-state index contributed by atoms with van der Waals surface area (Å²) in [6.07, 6.45) is 5.69. The number of carbonyl (C=O) groups is 1. The molecule has 0 aliphatic heterocycles. The summed E-state index contributed by atoms with van der Waals surface area (Å²) >= 11 is 1.24. The topological polar surface area (TPSA) is 102 Å². The molecule has 1 aliphatic rings. The van der Waals surface area contributed by atoms with Gasteiger partial charge >= 0.3 is 0 Å². The van der Waals surface area contributed by atoms with Crippen LogP contribution in [0.25, 0.3) is 22.1 Å². The van der Waals surface area contributed by atoms with E-state index in [0.717, 1.165) is 55.3 Å². The molecule has 0 radical (unpaired) electrons. The molecule has 8 nitrogen and oxygen atoms in total. The largest absolute Gasteiger partial charge is 0.481 e. The Morgan fingerprint density at radius 1 is 1.12 bits per heavy atom. The molecule has 3 aromatic heterocycles. The summed E-state index contributed by atoms with van der Waals surface area (Å²) in [6, 6.07) is 11.6. The van der Waals surface area contributed by atoms with Gasteiger partial charge in [-0.3, -0.25) is 9.78 Å². The number of nitrogens with zero attached hydrogens (tertiary/aromatic N) is 4. The summed E-state index contributed by atoms with van der Waals surface area (Å²) in [5.41, 5.74) is 5.14. The molecule has 1 fully saturated rings. The minimum absolute atomic E-state index is 0.00296. The molecule has 2 unspecified atom stereocenters. The molecule has 1 saturated carbocycles. The van der Waals surface area contributed by atoms with Crippen LogP contribution in [0, 0.1) is 11.8 Å². The van der Waals surface area contributed by atoms with Gasteiger partial charge in [-0.1, -0.05) is 12.5 Å². The van der Waals surface area contributed by atoms with Crippen molar-refractivity contribution in [2.24, 2.45) is 11.8 Å². The van der Waals surface area contributed by atoms with Crippen molar-refractivity contribution in [3.05, 3.63) is 48.2 Å². The van der Waals surface area contributed by atoms with E-state index in [1.54, 1.807) is 25.4 Å². The number of methoxy groups -OCH3 is 1. The molecule has 0 spiro atoms. The lowest BCUT2D eigenvalue weighted by Crippen LogP contribution is -2.32. The van der Waals surface area contributed by atoms with Crippen LogP contribution >= 0.6 is 11.7 Å². The Hall–Kier alpha value is -3.17. The van der Waals surface area contributed by atoms with Crippen LogP contribution in [0.3, 0.4) is 0 Å². The number of fused-ring (bicyclic) bond motifs is 2. The van der Waals surface area contributed by atoms with E-state index in [-0.39, 0.29) is 11.8 Å². The fraction of sp³-hybridized carbons (Fsp3) is 0.375. The predicted octanol–water partition coefficient (Wildman–Crippen LogP) is 4.18. The Labute approximate surface area is 196 Å². The molecule has 2 atom stereocenters. The first kappa shape index (κ1) is 21.7. The van der Waals surface area contributed by atoms with Crippen LogP contribution in [-0.2, 0) is 11.3 Å². The Morgan fingerprint density at radius 3 is 2.91 bits per heavy atom. The van der Waals surface area contributed by atoms with E-state index in [4.69, 9.17) is 4.74 Å². The highest BCUT2D eigenvalue weighted by atomic mass is 32.1. The van der Waals surface area contributed by atoms with Crippen LogP contribution < -0.4 is 15.4 Å². The number of pyridine rings is 2. The number of rotatable bonds is 7. The lowest BCUT2D eigenvalue weighted by atomic mass is 9.81. The zero-order valence-electron chi connectivity index (χ0n) is 18.5. The lowest BCUT2D eigenvalue weighted by Gasteiger charge is -2.28. The molecule has 1 aliphatic carbocycles. The van der Waals surface area contributed by atoms with Crippen molar-refractivity contribution in [1.82, 2.24) is 24.0 Å². The molecular weight excluding hydrogens is 436 g/mol. The monoisotopic (exact) mass is 462 g/mol. The van der Waals surface area contributed by atoms with Crippen molar-refractivity contribution in [1.29, 1.82) is 0 Å². The highest BCUT2D eigenvalue weighted by molar-refractivity contribution is 7.00. The zero-order chi connectivity index (χ0) is 22.6. The maximum Gasteiger partial charge on any atom is 0.227 e. The van der Waals surface area contributed by atoms with Gasteiger partial charge in [-0.25, -0.2) is 4.98 Å². The molecule has 1 amide bonds. The van der Waals surface area contributed by atoms with Crippen molar-refractivity contribution in [2.45, 2.75) is 32.2 Å². The maximum atomic E-state index is 13.1. The minimum atomic E-state index is -0.00296. The van der Waals surface area contributed by atoms with Crippen LogP contribution in [0.15, 0.2) is 42.6 Å². The van der Waals surface area contributed by atoms with Gasteiger partial charge in [0.1, 0.15) is 16.6 Å². The second kappa shape index (κ2) is 9.76. The Balaban J connectivity index is 1.18. The highest BCUT2D eigenvalue weighted by Gasteiger charge is 2.27. The Kier molecular flexibility index (Phi) is 6.41. The Morgan fingerprint density at radius 2 is 2.00 bits per heavy atom. The second-order valence-corrected chi connectivity index (χ2v) is 9.05. The summed E-state index contributed by atoms with van der Waals surface area (Å²) in [4.78, 5) is 21.9. The van der Waals surface area contributed by atoms with Crippen LogP contribution in [0.2, 0.25) is 0 Å². The van der Waals surface area contributed by atoms with E-state index in [9.17, 15) is 4.79 Å². The minimum Gasteiger partial charge on any atom is -0.481 e. The molecule has 33 heavy (non-hydrogen) atoms. The van der Waals surface area contributed by atoms with Gasteiger partial charge in [0.25, 0.3) is 0 Å². The van der Waals surface area contributed by atoms with Crippen LogP contribution in [0.5, 0.6) is 5.88 Å². The van der Waals surface area contributed by atoms with Gasteiger partial charge in [0, 0.05) is 24.7 Å². The van der Waals surface area contributed by atoms with E-state index in [1.165, 1.54) is 17.3 Å². The zero-order valence-corrected chi connectivity index (χ0v) is 19.3. The number of carbonyl (C=O) groups excluding carboxylic acids is 1. The summed E-state index contributed by atoms with van der Waals surface area (Å²) < 4.78 is 13.8. The van der Waals surface area contributed by atoms with Gasteiger partial charge in [0.15, 0.2) is 0 Å². The molecule has 3 heterocycles. The Bertz CT molecular complexity index is 1280. The highest BCUT2D eigenvalue weighted by Crippen LogP contribution is 2.31. The van der Waals surface area contributed by atoms with Gasteiger partial charge in [-0.2, -0.15) is 8.75 Å². The lowest BCUT2D eigenvalue weighted by molar-refractivity contribution is -0.121. The van der Waals surface area contributed by atoms with Crippen LogP contribution in [0.4, 0.5) is 5.69 Å².